The Bertz CT molecular complexity index is 565. The second kappa shape index (κ2) is 9.25. The monoisotopic (exact) mass is 349 g/mol. The highest BCUT2D eigenvalue weighted by Gasteiger charge is 2.24. The zero-order valence-corrected chi connectivity index (χ0v) is 16.1. The molecule has 0 radical (unpaired) electrons. The van der Waals surface area contributed by atoms with Crippen LogP contribution in [0.1, 0.15) is 40.3 Å². The molecule has 0 fully saturated rings. The molecule has 1 rings (SSSR count). The Hall–Kier alpha value is -2.31. The molecule has 0 atom stereocenters. The number of rotatable bonds is 6. The Morgan fingerprint density at radius 2 is 1.92 bits per heavy atom. The van der Waals surface area contributed by atoms with Crippen LogP contribution in [-0.4, -0.2) is 48.3 Å². The van der Waals surface area contributed by atoms with Crippen molar-refractivity contribution in [2.45, 2.75) is 52.2 Å². The van der Waals surface area contributed by atoms with Crippen LogP contribution in [0.3, 0.4) is 0 Å². The molecule has 0 spiro atoms. The molecule has 7 heteroatoms. The highest BCUT2D eigenvalue weighted by Crippen LogP contribution is 2.09. The van der Waals surface area contributed by atoms with E-state index in [4.69, 9.17) is 4.74 Å². The largest absolute Gasteiger partial charge is 0.444 e. The third kappa shape index (κ3) is 9.54. The van der Waals surface area contributed by atoms with E-state index in [1.54, 1.807) is 13.2 Å². The van der Waals surface area contributed by atoms with Crippen LogP contribution in [0.25, 0.3) is 0 Å². The number of amides is 1. The number of nitrogens with one attached hydrogen (secondary N) is 3. The Kier molecular flexibility index (Phi) is 7.67. The van der Waals surface area contributed by atoms with E-state index in [1.807, 2.05) is 52.8 Å². The Labute approximate surface area is 150 Å². The van der Waals surface area contributed by atoms with E-state index in [0.29, 0.717) is 12.5 Å². The second-order valence-corrected chi connectivity index (χ2v) is 7.43. The van der Waals surface area contributed by atoms with Gasteiger partial charge in [0.2, 0.25) is 0 Å². The van der Waals surface area contributed by atoms with Gasteiger partial charge in [0.05, 0.1) is 5.54 Å². The van der Waals surface area contributed by atoms with Crippen LogP contribution in [0.2, 0.25) is 0 Å². The van der Waals surface area contributed by atoms with Gasteiger partial charge in [0, 0.05) is 38.4 Å². The number of aromatic nitrogens is 1. The molecule has 0 unspecified atom stereocenters. The first kappa shape index (κ1) is 20.7. The molecule has 1 heterocycles. The molecular weight excluding hydrogens is 318 g/mol. The summed E-state index contributed by atoms with van der Waals surface area (Å²) in [5.74, 6) is 0.676. The number of guanidine groups is 1. The van der Waals surface area contributed by atoms with Crippen molar-refractivity contribution in [3.8, 4) is 0 Å². The summed E-state index contributed by atoms with van der Waals surface area (Å²) in [6, 6.07) is 5.86. The number of pyridine rings is 1. The molecule has 1 aromatic rings. The van der Waals surface area contributed by atoms with Gasteiger partial charge in [0.1, 0.15) is 5.60 Å². The summed E-state index contributed by atoms with van der Waals surface area (Å²) in [5.41, 5.74) is 0.0230. The zero-order valence-electron chi connectivity index (χ0n) is 16.1. The molecule has 0 aromatic carbocycles. The molecule has 0 aliphatic heterocycles. The molecule has 25 heavy (non-hydrogen) atoms. The summed E-state index contributed by atoms with van der Waals surface area (Å²) in [6.07, 6.45) is 2.16. The van der Waals surface area contributed by atoms with E-state index >= 15 is 0 Å². The number of hydrogen-bond donors (Lipinski definition) is 3. The predicted octanol–water partition coefficient (Wildman–Crippen LogP) is 2.09. The van der Waals surface area contributed by atoms with Gasteiger partial charge in [-0.3, -0.25) is 9.98 Å². The van der Waals surface area contributed by atoms with Gasteiger partial charge in [0.15, 0.2) is 5.96 Å². The minimum Gasteiger partial charge on any atom is -0.444 e. The number of hydrogen-bond acceptors (Lipinski definition) is 4. The first-order chi connectivity index (χ1) is 11.6. The van der Waals surface area contributed by atoms with E-state index in [0.717, 1.165) is 18.7 Å². The quantitative estimate of drug-likeness (QED) is 0.541. The van der Waals surface area contributed by atoms with Gasteiger partial charge >= 0.3 is 6.09 Å². The van der Waals surface area contributed by atoms with Gasteiger partial charge in [-0.25, -0.2) is 4.79 Å². The molecule has 0 bridgehead atoms. The third-order valence-corrected chi connectivity index (χ3v) is 3.16. The fraction of sp³-hybridized carbons (Fsp3) is 0.611. The van der Waals surface area contributed by atoms with Crippen molar-refractivity contribution in [1.82, 2.24) is 20.9 Å². The lowest BCUT2D eigenvalue weighted by Crippen LogP contribution is -2.54. The lowest BCUT2D eigenvalue weighted by atomic mass is 10.1. The molecule has 0 aliphatic carbocycles. The predicted molar refractivity (Wildman–Crippen MR) is 101 cm³/mol. The van der Waals surface area contributed by atoms with Gasteiger partial charge in [-0.2, -0.15) is 0 Å². The van der Waals surface area contributed by atoms with E-state index < -0.39 is 17.2 Å². The second-order valence-electron chi connectivity index (χ2n) is 7.43. The van der Waals surface area contributed by atoms with Crippen LogP contribution in [0.15, 0.2) is 29.4 Å². The molecule has 0 aliphatic rings. The van der Waals surface area contributed by atoms with Crippen LogP contribution >= 0.6 is 0 Å². The summed E-state index contributed by atoms with van der Waals surface area (Å²) in [4.78, 5) is 20.4. The van der Waals surface area contributed by atoms with E-state index in [-0.39, 0.29) is 0 Å². The van der Waals surface area contributed by atoms with Crippen LogP contribution in [0.5, 0.6) is 0 Å². The first-order valence-electron chi connectivity index (χ1n) is 8.47. The van der Waals surface area contributed by atoms with Crippen molar-refractivity contribution < 1.29 is 9.53 Å². The van der Waals surface area contributed by atoms with Crippen molar-refractivity contribution >= 4 is 12.1 Å². The number of carbonyl (C=O) groups is 1. The van der Waals surface area contributed by atoms with E-state index in [2.05, 4.69) is 25.9 Å². The lowest BCUT2D eigenvalue weighted by Gasteiger charge is -2.29. The van der Waals surface area contributed by atoms with Crippen LogP contribution in [0, 0.1) is 0 Å². The number of aliphatic imine (C=N–C) groups is 1. The summed E-state index contributed by atoms with van der Waals surface area (Å²) in [6.45, 7) is 10.6. The zero-order chi connectivity index (χ0) is 18.9. The van der Waals surface area contributed by atoms with Crippen molar-refractivity contribution in [3.05, 3.63) is 30.1 Å². The topological polar surface area (TPSA) is 87.6 Å². The van der Waals surface area contributed by atoms with Crippen molar-refractivity contribution in [1.29, 1.82) is 0 Å². The number of ether oxygens (including phenoxy) is 1. The lowest BCUT2D eigenvalue weighted by molar-refractivity contribution is 0.0474. The molecule has 7 nitrogen and oxygen atoms in total. The van der Waals surface area contributed by atoms with Crippen molar-refractivity contribution in [3.63, 3.8) is 0 Å². The molecule has 140 valence electrons. The fourth-order valence-electron chi connectivity index (χ4n) is 2.00. The van der Waals surface area contributed by atoms with E-state index in [9.17, 15) is 4.79 Å². The van der Waals surface area contributed by atoms with Gasteiger partial charge in [-0.15, -0.1) is 0 Å². The summed E-state index contributed by atoms with van der Waals surface area (Å²) in [7, 11) is 1.71. The van der Waals surface area contributed by atoms with Gasteiger partial charge in [-0.1, -0.05) is 6.07 Å². The highest BCUT2D eigenvalue weighted by molar-refractivity contribution is 5.79. The molecule has 3 N–H and O–H groups in total. The Morgan fingerprint density at radius 3 is 2.48 bits per heavy atom. The number of nitrogens with zero attached hydrogens (tertiary/aromatic N) is 2. The summed E-state index contributed by atoms with van der Waals surface area (Å²) in [5, 5.41) is 9.31. The number of alkyl carbamates (subject to hydrolysis) is 1. The van der Waals surface area contributed by atoms with Gasteiger partial charge in [-0.05, 0) is 46.8 Å². The fourth-order valence-corrected chi connectivity index (χ4v) is 2.00. The van der Waals surface area contributed by atoms with Crippen molar-refractivity contribution in [2.75, 3.05) is 20.1 Å². The maximum atomic E-state index is 11.9. The minimum absolute atomic E-state index is 0.433. The molecule has 0 saturated heterocycles. The third-order valence-electron chi connectivity index (χ3n) is 3.16. The smallest absolute Gasteiger partial charge is 0.408 e. The molecular formula is C18H31N5O2. The Morgan fingerprint density at radius 1 is 1.20 bits per heavy atom. The standard InChI is InChI=1S/C18H31N5O2/c1-17(2,3)25-16(24)23-18(4,5)13-22-15(19-6)21-12-10-14-9-7-8-11-20-14/h7-9,11H,10,12-13H2,1-6H3,(H,23,24)(H2,19,21,22). The molecule has 1 amide bonds. The Balaban J connectivity index is 2.38. The van der Waals surface area contributed by atoms with E-state index in [1.165, 1.54) is 0 Å². The first-order valence-corrected chi connectivity index (χ1v) is 8.47. The average molecular weight is 349 g/mol. The molecule has 1 aromatic heterocycles. The van der Waals surface area contributed by atoms with Crippen LogP contribution < -0.4 is 16.0 Å². The minimum atomic E-state index is -0.517. The van der Waals surface area contributed by atoms with Crippen molar-refractivity contribution in [2.24, 2.45) is 4.99 Å². The average Bonchev–Trinajstić information content (AvgIpc) is 2.49. The summed E-state index contributed by atoms with van der Waals surface area (Å²) < 4.78 is 5.29. The SMILES string of the molecule is CN=C(NCCc1ccccn1)NCC(C)(C)NC(=O)OC(C)(C)C. The maximum Gasteiger partial charge on any atom is 0.408 e. The maximum absolute atomic E-state index is 11.9. The number of carbonyl (C=O) groups excluding carboxylic acids is 1. The highest BCUT2D eigenvalue weighted by atomic mass is 16.6. The normalized spacial score (nSPS) is 12.5. The van der Waals surface area contributed by atoms with Gasteiger partial charge in [0.25, 0.3) is 0 Å². The summed E-state index contributed by atoms with van der Waals surface area (Å²) >= 11 is 0. The van der Waals surface area contributed by atoms with Crippen LogP contribution in [-0.2, 0) is 11.2 Å². The van der Waals surface area contributed by atoms with Gasteiger partial charge < -0.3 is 20.7 Å². The van der Waals surface area contributed by atoms with Crippen LogP contribution in [0.4, 0.5) is 4.79 Å². The molecule has 0 saturated carbocycles.